The molecule has 1 unspecified atom stereocenters. The third-order valence-electron chi connectivity index (χ3n) is 3.59. The van der Waals surface area contributed by atoms with E-state index in [1.807, 2.05) is 51.1 Å². The fourth-order valence-corrected chi connectivity index (χ4v) is 2.30. The van der Waals surface area contributed by atoms with Crippen molar-refractivity contribution in [3.05, 3.63) is 30.3 Å². The molecule has 0 spiro atoms. The van der Waals surface area contributed by atoms with Crippen molar-refractivity contribution >= 4 is 23.1 Å². The Morgan fingerprint density at radius 2 is 1.79 bits per heavy atom. The lowest BCUT2D eigenvalue weighted by Gasteiger charge is -2.34. The van der Waals surface area contributed by atoms with Gasteiger partial charge in [0.1, 0.15) is 0 Å². The minimum Gasteiger partial charge on any atom is -0.399 e. The van der Waals surface area contributed by atoms with Gasteiger partial charge in [-0.2, -0.15) is 12.8 Å². The minimum absolute atomic E-state index is 0.0411. The summed E-state index contributed by atoms with van der Waals surface area (Å²) in [6, 6.07) is 9.55. The van der Waals surface area contributed by atoms with E-state index in [9.17, 15) is 8.42 Å². The summed E-state index contributed by atoms with van der Waals surface area (Å²) in [6.45, 7) is 5.60. The molecule has 7 heteroatoms. The molecule has 0 aromatic heterocycles. The monoisotopic (exact) mass is 281 g/mol. The molecule has 2 rings (SSSR count). The third-order valence-corrected chi connectivity index (χ3v) is 3.93. The van der Waals surface area contributed by atoms with Crippen molar-refractivity contribution < 1.29 is 17.7 Å². The van der Waals surface area contributed by atoms with Gasteiger partial charge in [0.05, 0.1) is 17.7 Å². The molecule has 1 fully saturated rings. The van der Waals surface area contributed by atoms with Gasteiger partial charge in [-0.3, -0.25) is 0 Å². The van der Waals surface area contributed by atoms with Gasteiger partial charge >= 0.3 is 17.6 Å². The van der Waals surface area contributed by atoms with E-state index >= 15 is 0 Å². The quantitative estimate of drug-likeness (QED) is 0.776. The van der Waals surface area contributed by atoms with Crippen LogP contribution in [0.1, 0.15) is 20.8 Å². The van der Waals surface area contributed by atoms with Crippen LogP contribution in [0, 0.1) is 0 Å². The topological polar surface area (TPSA) is 65.0 Å². The summed E-state index contributed by atoms with van der Waals surface area (Å²) < 4.78 is 36.5. The van der Waals surface area contributed by atoms with Crippen molar-refractivity contribution in [1.82, 2.24) is 0 Å². The van der Waals surface area contributed by atoms with Gasteiger partial charge in [0, 0.05) is 0 Å². The highest BCUT2D eigenvalue weighted by molar-refractivity contribution is 7.61. The molecule has 0 saturated carbocycles. The lowest BCUT2D eigenvalue weighted by Crippen LogP contribution is -2.47. The molecule has 1 aromatic rings. The average Bonchev–Trinajstić information content (AvgIpc) is 2.60. The maximum Gasteiger partial charge on any atom is 0.494 e. The first-order valence-corrected chi connectivity index (χ1v) is 7.05. The van der Waals surface area contributed by atoms with Crippen molar-refractivity contribution in [2.75, 3.05) is 6.54 Å². The number of rotatable bonds is 3. The molecule has 102 valence electrons. The summed E-state index contributed by atoms with van der Waals surface area (Å²) in [6.07, 6.45) is 0. The van der Waals surface area contributed by atoms with Crippen LogP contribution in [0.3, 0.4) is 0 Å². The average molecular weight is 281 g/mol. The van der Waals surface area contributed by atoms with E-state index in [1.54, 1.807) is 0 Å². The van der Waals surface area contributed by atoms with Crippen LogP contribution in [0.15, 0.2) is 34.7 Å². The maximum absolute atomic E-state index is 10.6. The van der Waals surface area contributed by atoms with Crippen LogP contribution < -0.4 is 5.46 Å². The van der Waals surface area contributed by atoms with Crippen molar-refractivity contribution in [2.45, 2.75) is 32.0 Å². The first-order chi connectivity index (χ1) is 8.84. The van der Waals surface area contributed by atoms with Crippen LogP contribution >= 0.6 is 0 Å². The normalized spacial score (nSPS) is 25.3. The van der Waals surface area contributed by atoms with Crippen molar-refractivity contribution in [1.29, 1.82) is 0 Å². The molecule has 1 aromatic carbocycles. The zero-order valence-electron chi connectivity index (χ0n) is 11.2. The molecule has 0 amide bonds. The molecule has 1 aliphatic heterocycles. The van der Waals surface area contributed by atoms with Gasteiger partial charge < -0.3 is 9.31 Å². The van der Waals surface area contributed by atoms with E-state index in [-0.39, 0.29) is 6.54 Å². The molecule has 1 saturated heterocycles. The minimum atomic E-state index is -2.44. The Kier molecular flexibility index (Phi) is 3.80. The van der Waals surface area contributed by atoms with E-state index in [2.05, 4.69) is 4.36 Å². The Morgan fingerprint density at radius 1 is 1.16 bits per heavy atom. The molecule has 0 N–H and O–H groups in total. The molecule has 5 nitrogen and oxygen atoms in total. The second-order valence-electron chi connectivity index (χ2n) is 5.22. The Labute approximate surface area is 114 Å². The highest BCUT2D eigenvalue weighted by Crippen LogP contribution is 2.37. The van der Waals surface area contributed by atoms with Crippen LogP contribution in [0.5, 0.6) is 0 Å². The first-order valence-electron chi connectivity index (χ1n) is 6.01. The summed E-state index contributed by atoms with van der Waals surface area (Å²) >= 11 is 0. The lowest BCUT2D eigenvalue weighted by molar-refractivity contribution is -0.00119. The molecule has 0 radical (unpaired) electrons. The van der Waals surface area contributed by atoms with E-state index in [0.717, 1.165) is 5.46 Å². The smallest absolute Gasteiger partial charge is 0.399 e. The van der Waals surface area contributed by atoms with Gasteiger partial charge in [0.25, 0.3) is 0 Å². The van der Waals surface area contributed by atoms with Gasteiger partial charge in [0.15, 0.2) is 0 Å². The predicted octanol–water partition coefficient (Wildman–Crippen LogP) is 1.03. The Morgan fingerprint density at radius 3 is 2.37 bits per heavy atom. The number of hydrogen-bond donors (Lipinski definition) is 0. The largest absolute Gasteiger partial charge is 0.494 e. The Hall–Kier alpha value is -1.18. The van der Waals surface area contributed by atoms with Crippen LogP contribution in [0.25, 0.3) is 0 Å². The van der Waals surface area contributed by atoms with Gasteiger partial charge in [-0.25, -0.2) is 0 Å². The van der Waals surface area contributed by atoms with Gasteiger partial charge in [-0.05, 0) is 26.2 Å². The maximum atomic E-state index is 10.6. The summed E-state index contributed by atoms with van der Waals surface area (Å²) in [5, 5.41) is 0. The Bertz CT molecular complexity index is 579. The third kappa shape index (κ3) is 2.88. The van der Waals surface area contributed by atoms with E-state index < -0.39 is 28.8 Å². The van der Waals surface area contributed by atoms with Crippen molar-refractivity contribution in [2.24, 2.45) is 4.36 Å². The van der Waals surface area contributed by atoms with Crippen LogP contribution in [0.4, 0.5) is 0 Å². The van der Waals surface area contributed by atoms with Crippen LogP contribution in [-0.2, 0) is 19.8 Å². The molecule has 0 aliphatic carbocycles. The van der Waals surface area contributed by atoms with E-state index in [4.69, 9.17) is 9.31 Å². The van der Waals surface area contributed by atoms with Crippen LogP contribution in [-0.4, -0.2) is 33.3 Å². The molecular formula is C12H16BNO4S. The highest BCUT2D eigenvalue weighted by atomic mass is 32.2. The summed E-state index contributed by atoms with van der Waals surface area (Å²) in [4.78, 5) is 0. The molecule has 1 heterocycles. The first kappa shape index (κ1) is 14.2. The zero-order chi connectivity index (χ0) is 14.1. The van der Waals surface area contributed by atoms with Crippen molar-refractivity contribution in [3.8, 4) is 0 Å². The molecule has 1 atom stereocenters. The predicted molar refractivity (Wildman–Crippen MR) is 72.7 cm³/mol. The fourth-order valence-electron chi connectivity index (χ4n) is 1.94. The highest BCUT2D eigenvalue weighted by Gasteiger charge is 2.54. The summed E-state index contributed by atoms with van der Waals surface area (Å²) in [5.41, 5.74) is -0.508. The summed E-state index contributed by atoms with van der Waals surface area (Å²) in [5.74, 6) is 0. The molecule has 19 heavy (non-hydrogen) atoms. The zero-order valence-corrected chi connectivity index (χ0v) is 12.0. The van der Waals surface area contributed by atoms with Gasteiger partial charge in [0.2, 0.25) is 0 Å². The van der Waals surface area contributed by atoms with E-state index in [1.165, 1.54) is 0 Å². The SMILES string of the molecule is CC1(C)OB(c2ccccc2)OC1(C)CN=S(=O)=O. The number of hydrogen-bond acceptors (Lipinski definition) is 5. The standard InChI is InChI=1S/C12H16BNO4S/c1-11(2)12(3,9-14-19(15)16)18-13(17-11)10-7-5-4-6-8-10/h4-8H,9H2,1-3H3. The Balaban J connectivity index is 2.26. The second-order valence-corrected chi connectivity index (χ2v) is 5.92. The van der Waals surface area contributed by atoms with Gasteiger partial charge in [-0.1, -0.05) is 30.3 Å². The molecule has 0 bridgehead atoms. The van der Waals surface area contributed by atoms with Gasteiger partial charge in [-0.15, -0.1) is 0 Å². The van der Waals surface area contributed by atoms with Crippen LogP contribution in [0.2, 0.25) is 0 Å². The lowest BCUT2D eigenvalue weighted by atomic mass is 9.79. The molecule has 1 aliphatic rings. The molecular weight excluding hydrogens is 265 g/mol. The summed E-state index contributed by atoms with van der Waals surface area (Å²) in [7, 11) is -2.94. The second kappa shape index (κ2) is 5.07. The van der Waals surface area contributed by atoms with Crippen molar-refractivity contribution in [3.63, 3.8) is 0 Å². The van der Waals surface area contributed by atoms with E-state index in [0.29, 0.717) is 0 Å². The number of benzene rings is 1. The fraction of sp³-hybridized carbons (Fsp3) is 0.500. The number of nitrogens with zero attached hydrogens (tertiary/aromatic N) is 1.